The van der Waals surface area contributed by atoms with Crippen LogP contribution in [0.2, 0.25) is 5.02 Å². The van der Waals surface area contributed by atoms with Crippen molar-refractivity contribution in [1.29, 1.82) is 0 Å². The van der Waals surface area contributed by atoms with Gasteiger partial charge in [-0.05, 0) is 23.8 Å². The van der Waals surface area contributed by atoms with Crippen LogP contribution >= 0.6 is 11.6 Å². The highest BCUT2D eigenvalue weighted by Gasteiger charge is 2.18. The molecule has 1 amide bonds. The molecule has 0 aromatic heterocycles. The molecular weight excluding hydrogens is 374 g/mol. The second-order valence-corrected chi connectivity index (χ2v) is 5.88. The molecular formula is C19H18ClNO6. The normalized spacial score (nSPS) is 12.1. The number of benzene rings is 2. The van der Waals surface area contributed by atoms with Gasteiger partial charge in [-0.3, -0.25) is 4.79 Å². The summed E-state index contributed by atoms with van der Waals surface area (Å²) in [7, 11) is 4.52. The predicted octanol–water partition coefficient (Wildman–Crippen LogP) is 3.75. The van der Waals surface area contributed by atoms with Gasteiger partial charge in [-0.1, -0.05) is 11.6 Å². The average molecular weight is 392 g/mol. The smallest absolute Gasteiger partial charge is 0.248 e. The summed E-state index contributed by atoms with van der Waals surface area (Å²) in [5.41, 5.74) is 1.21. The van der Waals surface area contributed by atoms with Gasteiger partial charge >= 0.3 is 0 Å². The second kappa shape index (κ2) is 8.09. The van der Waals surface area contributed by atoms with E-state index in [2.05, 4.69) is 5.32 Å². The minimum Gasteiger partial charge on any atom is -0.493 e. The molecule has 3 rings (SSSR count). The molecule has 0 aliphatic carbocycles. The van der Waals surface area contributed by atoms with Gasteiger partial charge in [0, 0.05) is 23.9 Å². The minimum atomic E-state index is -0.335. The number of methoxy groups -OCH3 is 3. The van der Waals surface area contributed by atoms with Crippen LogP contribution in [0, 0.1) is 0 Å². The summed E-state index contributed by atoms with van der Waals surface area (Å²) in [4.78, 5) is 12.3. The topological polar surface area (TPSA) is 75.3 Å². The molecule has 0 unspecified atom stereocenters. The van der Waals surface area contributed by atoms with E-state index in [4.69, 9.17) is 35.3 Å². The monoisotopic (exact) mass is 391 g/mol. The summed E-state index contributed by atoms with van der Waals surface area (Å²) in [6.45, 7) is 0.129. The first-order chi connectivity index (χ1) is 13.0. The van der Waals surface area contributed by atoms with Crippen LogP contribution in [0.3, 0.4) is 0 Å². The number of ether oxygens (including phenoxy) is 5. The Morgan fingerprint density at radius 3 is 2.41 bits per heavy atom. The van der Waals surface area contributed by atoms with Crippen molar-refractivity contribution in [3.8, 4) is 28.7 Å². The van der Waals surface area contributed by atoms with Gasteiger partial charge in [0.25, 0.3) is 0 Å². The Morgan fingerprint density at radius 2 is 1.78 bits per heavy atom. The van der Waals surface area contributed by atoms with Gasteiger partial charge in [0.15, 0.2) is 23.0 Å². The number of carbonyl (C=O) groups excluding carboxylic acids is 1. The molecule has 2 aromatic carbocycles. The summed E-state index contributed by atoms with van der Waals surface area (Å²) in [5, 5.41) is 3.18. The fourth-order valence-corrected chi connectivity index (χ4v) is 2.87. The van der Waals surface area contributed by atoms with Crippen LogP contribution in [0.15, 0.2) is 30.3 Å². The molecule has 0 atom stereocenters. The van der Waals surface area contributed by atoms with Crippen molar-refractivity contribution in [3.63, 3.8) is 0 Å². The van der Waals surface area contributed by atoms with Crippen molar-refractivity contribution in [2.24, 2.45) is 0 Å². The van der Waals surface area contributed by atoms with E-state index in [0.29, 0.717) is 45.0 Å². The first-order valence-corrected chi connectivity index (χ1v) is 8.31. The van der Waals surface area contributed by atoms with Gasteiger partial charge in [-0.15, -0.1) is 0 Å². The summed E-state index contributed by atoms with van der Waals surface area (Å²) in [5.74, 6) is 2.06. The molecule has 0 radical (unpaired) electrons. The van der Waals surface area contributed by atoms with Crippen molar-refractivity contribution in [2.75, 3.05) is 33.4 Å². The van der Waals surface area contributed by atoms with Crippen molar-refractivity contribution in [3.05, 3.63) is 40.9 Å². The van der Waals surface area contributed by atoms with Crippen LogP contribution < -0.4 is 29.0 Å². The van der Waals surface area contributed by atoms with E-state index in [1.807, 2.05) is 0 Å². The van der Waals surface area contributed by atoms with Crippen LogP contribution in [-0.4, -0.2) is 34.0 Å². The van der Waals surface area contributed by atoms with Crippen LogP contribution in [-0.2, 0) is 4.79 Å². The van der Waals surface area contributed by atoms with E-state index < -0.39 is 0 Å². The van der Waals surface area contributed by atoms with Crippen LogP contribution in [0.5, 0.6) is 28.7 Å². The molecule has 1 heterocycles. The molecule has 8 heteroatoms. The summed E-state index contributed by atoms with van der Waals surface area (Å²) < 4.78 is 26.4. The molecule has 7 nitrogen and oxygen atoms in total. The maximum Gasteiger partial charge on any atom is 0.248 e. The van der Waals surface area contributed by atoms with Crippen molar-refractivity contribution < 1.29 is 28.5 Å². The third-order valence-corrected chi connectivity index (χ3v) is 4.09. The molecule has 0 saturated carbocycles. The third-order valence-electron chi connectivity index (χ3n) is 3.81. The molecule has 2 aromatic rings. The molecule has 0 spiro atoms. The van der Waals surface area contributed by atoms with Crippen molar-refractivity contribution in [1.82, 2.24) is 0 Å². The molecule has 1 aliphatic rings. The average Bonchev–Trinajstić information content (AvgIpc) is 3.14. The number of nitrogens with one attached hydrogen (secondary N) is 1. The lowest BCUT2D eigenvalue weighted by atomic mass is 10.2. The Morgan fingerprint density at radius 1 is 1.07 bits per heavy atom. The van der Waals surface area contributed by atoms with Crippen LogP contribution in [0.25, 0.3) is 6.08 Å². The molecule has 27 heavy (non-hydrogen) atoms. The van der Waals surface area contributed by atoms with Crippen LogP contribution in [0.4, 0.5) is 5.69 Å². The Bertz CT molecular complexity index is 871. The lowest BCUT2D eigenvalue weighted by Crippen LogP contribution is -2.08. The van der Waals surface area contributed by atoms with E-state index in [0.717, 1.165) is 0 Å². The highest BCUT2D eigenvalue weighted by Crippen LogP contribution is 2.41. The van der Waals surface area contributed by atoms with Crippen molar-refractivity contribution >= 4 is 29.3 Å². The molecule has 0 saturated heterocycles. The zero-order valence-electron chi connectivity index (χ0n) is 15.0. The van der Waals surface area contributed by atoms with Gasteiger partial charge in [-0.2, -0.15) is 0 Å². The highest BCUT2D eigenvalue weighted by atomic mass is 35.5. The standard InChI is InChI=1S/C19H18ClNO6/c1-23-14-8-12(9-15(24-2)19(14)25-3)21-17(22)5-4-11-6-13(20)18-16(7-11)26-10-27-18/h4-9H,10H2,1-3H3,(H,21,22)/b5-4+. The Kier molecular flexibility index (Phi) is 5.61. The Balaban J connectivity index is 1.76. The lowest BCUT2D eigenvalue weighted by molar-refractivity contribution is -0.111. The fraction of sp³-hybridized carbons (Fsp3) is 0.211. The number of halogens is 1. The van der Waals surface area contributed by atoms with E-state index in [1.54, 1.807) is 30.3 Å². The van der Waals surface area contributed by atoms with Gasteiger partial charge in [0.05, 0.1) is 26.4 Å². The van der Waals surface area contributed by atoms with Gasteiger partial charge in [-0.25, -0.2) is 0 Å². The SMILES string of the molecule is COc1cc(NC(=O)/C=C/c2cc(Cl)c3c(c2)OCO3)cc(OC)c1OC. The van der Waals surface area contributed by atoms with E-state index in [-0.39, 0.29) is 12.7 Å². The molecule has 1 aliphatic heterocycles. The minimum absolute atomic E-state index is 0.129. The molecule has 142 valence electrons. The van der Waals surface area contributed by atoms with Gasteiger partial charge in [0.1, 0.15) is 0 Å². The second-order valence-electron chi connectivity index (χ2n) is 5.47. The van der Waals surface area contributed by atoms with Crippen LogP contribution in [0.1, 0.15) is 5.56 Å². The van der Waals surface area contributed by atoms with Crippen molar-refractivity contribution in [2.45, 2.75) is 0 Å². The Labute approximate surface area is 161 Å². The largest absolute Gasteiger partial charge is 0.493 e. The zero-order valence-corrected chi connectivity index (χ0v) is 15.8. The lowest BCUT2D eigenvalue weighted by Gasteiger charge is -2.14. The first kappa shape index (κ1) is 18.7. The van der Waals surface area contributed by atoms with E-state index >= 15 is 0 Å². The number of amides is 1. The number of fused-ring (bicyclic) bond motifs is 1. The quantitative estimate of drug-likeness (QED) is 0.756. The summed E-state index contributed by atoms with van der Waals surface area (Å²) in [6, 6.07) is 6.73. The number of rotatable bonds is 6. The zero-order chi connectivity index (χ0) is 19.4. The fourth-order valence-electron chi connectivity index (χ4n) is 2.59. The number of hydrogen-bond donors (Lipinski definition) is 1. The molecule has 0 fully saturated rings. The summed E-state index contributed by atoms with van der Waals surface area (Å²) >= 11 is 6.14. The summed E-state index contributed by atoms with van der Waals surface area (Å²) in [6.07, 6.45) is 3.01. The number of anilines is 1. The number of hydrogen-bond acceptors (Lipinski definition) is 6. The molecule has 0 bridgehead atoms. The van der Waals surface area contributed by atoms with Gasteiger partial charge in [0.2, 0.25) is 18.4 Å². The highest BCUT2D eigenvalue weighted by molar-refractivity contribution is 6.32. The number of carbonyl (C=O) groups is 1. The first-order valence-electron chi connectivity index (χ1n) is 7.94. The maximum atomic E-state index is 12.3. The maximum absolute atomic E-state index is 12.3. The predicted molar refractivity (Wildman–Crippen MR) is 101 cm³/mol. The Hall–Kier alpha value is -3.06. The van der Waals surface area contributed by atoms with Gasteiger partial charge < -0.3 is 29.0 Å². The third kappa shape index (κ3) is 4.03. The van der Waals surface area contributed by atoms with E-state index in [9.17, 15) is 4.79 Å². The molecule has 1 N–H and O–H groups in total. The van der Waals surface area contributed by atoms with E-state index in [1.165, 1.54) is 27.4 Å².